The molecule has 0 aliphatic heterocycles. The van der Waals surface area contributed by atoms with Crippen LogP contribution < -0.4 is 17.2 Å². The maximum absolute atomic E-state index is 4.50. The summed E-state index contributed by atoms with van der Waals surface area (Å²) in [5.74, 6) is 0. The van der Waals surface area contributed by atoms with Gasteiger partial charge < -0.3 is 17.2 Å². The number of nitrogens with two attached hydrogens (primary N) is 3. The third-order valence-electron chi connectivity index (χ3n) is 1.37. The van der Waals surface area contributed by atoms with Crippen molar-refractivity contribution in [3.05, 3.63) is 11.3 Å². The van der Waals surface area contributed by atoms with Gasteiger partial charge in [0.05, 0.1) is 8.07 Å². The monoisotopic (exact) mass is 205 g/mol. The fraction of sp³-hybridized carbons (Fsp3) is 0.778. The SMILES string of the molecule is CN.CN.CN.C[Si](C)(C)C1=CC1. The van der Waals surface area contributed by atoms with Crippen LogP contribution >= 0.6 is 0 Å². The van der Waals surface area contributed by atoms with E-state index >= 15 is 0 Å². The van der Waals surface area contributed by atoms with Crippen molar-refractivity contribution in [1.29, 1.82) is 0 Å². The quantitative estimate of drug-likeness (QED) is 0.557. The second kappa shape index (κ2) is 11.8. The fourth-order valence-corrected chi connectivity index (χ4v) is 1.99. The topological polar surface area (TPSA) is 78.1 Å². The molecular weight excluding hydrogens is 178 g/mol. The zero-order valence-corrected chi connectivity index (χ0v) is 11.0. The largest absolute Gasteiger partial charge is 0.333 e. The molecule has 1 rings (SSSR count). The average molecular weight is 205 g/mol. The summed E-state index contributed by atoms with van der Waals surface area (Å²) < 4.78 is 0. The lowest BCUT2D eigenvalue weighted by atomic mass is 10.9. The predicted octanol–water partition coefficient (Wildman–Crippen LogP) is 0.919. The molecule has 0 bridgehead atoms. The molecule has 0 aromatic rings. The maximum atomic E-state index is 4.50. The highest BCUT2D eigenvalue weighted by molar-refractivity contribution is 6.84. The summed E-state index contributed by atoms with van der Waals surface area (Å²) in [7, 11) is 3.74. The Morgan fingerprint density at radius 1 is 0.923 bits per heavy atom. The zero-order valence-electron chi connectivity index (χ0n) is 10.0. The van der Waals surface area contributed by atoms with Crippen molar-refractivity contribution in [3.8, 4) is 0 Å². The first-order chi connectivity index (χ1) is 6.11. The van der Waals surface area contributed by atoms with E-state index in [0.29, 0.717) is 0 Å². The molecule has 82 valence electrons. The van der Waals surface area contributed by atoms with Gasteiger partial charge >= 0.3 is 0 Å². The third-order valence-corrected chi connectivity index (χ3v) is 3.71. The van der Waals surface area contributed by atoms with Crippen molar-refractivity contribution < 1.29 is 0 Å². The minimum absolute atomic E-state index is 0.762. The minimum Gasteiger partial charge on any atom is -0.333 e. The number of hydrogen-bond acceptors (Lipinski definition) is 3. The molecule has 1 aliphatic rings. The molecule has 0 fully saturated rings. The average Bonchev–Trinajstić information content (AvgIpc) is 2.96. The summed E-state index contributed by atoms with van der Waals surface area (Å²) in [6.07, 6.45) is 3.68. The lowest BCUT2D eigenvalue weighted by molar-refractivity contribution is 1.48. The second-order valence-electron chi connectivity index (χ2n) is 3.18. The van der Waals surface area contributed by atoms with Gasteiger partial charge in [-0.05, 0) is 27.6 Å². The first-order valence-corrected chi connectivity index (χ1v) is 8.03. The maximum Gasteiger partial charge on any atom is 0.0724 e. The van der Waals surface area contributed by atoms with E-state index in [4.69, 9.17) is 0 Å². The van der Waals surface area contributed by atoms with Crippen molar-refractivity contribution >= 4 is 8.07 Å². The molecule has 4 heteroatoms. The number of allylic oxidation sites excluding steroid dienone is 2. The van der Waals surface area contributed by atoms with Crippen LogP contribution in [0.1, 0.15) is 6.42 Å². The smallest absolute Gasteiger partial charge is 0.0724 e. The Bertz CT molecular complexity index is 117. The number of hydrogen-bond donors (Lipinski definition) is 3. The van der Waals surface area contributed by atoms with Crippen LogP contribution in [-0.4, -0.2) is 29.2 Å². The van der Waals surface area contributed by atoms with Crippen LogP contribution in [0.2, 0.25) is 19.6 Å². The van der Waals surface area contributed by atoms with Crippen molar-refractivity contribution in [2.24, 2.45) is 17.2 Å². The molecule has 0 radical (unpaired) electrons. The Balaban J connectivity index is -0.000000144. The highest BCUT2D eigenvalue weighted by atomic mass is 28.3. The van der Waals surface area contributed by atoms with Crippen molar-refractivity contribution in [1.82, 2.24) is 0 Å². The van der Waals surface area contributed by atoms with Gasteiger partial charge in [-0.25, -0.2) is 0 Å². The molecular formula is C9H27N3Si. The van der Waals surface area contributed by atoms with E-state index in [1.807, 2.05) is 0 Å². The fourth-order valence-electron chi connectivity index (χ4n) is 0.663. The highest BCUT2D eigenvalue weighted by Gasteiger charge is 2.24. The van der Waals surface area contributed by atoms with Crippen molar-refractivity contribution in [2.75, 3.05) is 21.1 Å². The van der Waals surface area contributed by atoms with Crippen molar-refractivity contribution in [3.63, 3.8) is 0 Å². The molecule has 0 unspecified atom stereocenters. The molecule has 0 amide bonds. The molecule has 0 spiro atoms. The van der Waals surface area contributed by atoms with E-state index in [0.717, 1.165) is 0 Å². The first-order valence-electron chi connectivity index (χ1n) is 4.53. The van der Waals surface area contributed by atoms with Gasteiger partial charge in [0.1, 0.15) is 0 Å². The van der Waals surface area contributed by atoms with Crippen LogP contribution in [0.25, 0.3) is 0 Å². The summed E-state index contributed by atoms with van der Waals surface area (Å²) >= 11 is 0. The lowest BCUT2D eigenvalue weighted by Crippen LogP contribution is -2.17. The molecule has 0 heterocycles. The molecule has 0 aromatic heterocycles. The lowest BCUT2D eigenvalue weighted by Gasteiger charge is -2.08. The minimum atomic E-state index is -0.762. The van der Waals surface area contributed by atoms with Crippen LogP contribution in [0.3, 0.4) is 0 Å². The van der Waals surface area contributed by atoms with Crippen LogP contribution in [0, 0.1) is 0 Å². The van der Waals surface area contributed by atoms with E-state index in [-0.39, 0.29) is 0 Å². The van der Waals surface area contributed by atoms with Gasteiger partial charge in [-0.3, -0.25) is 0 Å². The molecule has 13 heavy (non-hydrogen) atoms. The van der Waals surface area contributed by atoms with Crippen LogP contribution in [0.15, 0.2) is 11.3 Å². The Hall–Kier alpha value is -0.163. The van der Waals surface area contributed by atoms with Gasteiger partial charge in [-0.2, -0.15) is 0 Å². The Labute approximate surface area is 84.4 Å². The zero-order chi connectivity index (χ0) is 11.5. The normalized spacial score (nSPS) is 11.6. The Kier molecular flexibility index (Phi) is 16.9. The van der Waals surface area contributed by atoms with Gasteiger partial charge in [0, 0.05) is 0 Å². The summed E-state index contributed by atoms with van der Waals surface area (Å²) in [6.45, 7) is 7.18. The van der Waals surface area contributed by atoms with E-state index in [1.54, 1.807) is 5.20 Å². The Morgan fingerprint density at radius 3 is 1.15 bits per heavy atom. The van der Waals surface area contributed by atoms with Crippen LogP contribution in [0.5, 0.6) is 0 Å². The number of rotatable bonds is 1. The summed E-state index contributed by atoms with van der Waals surface area (Å²) in [6, 6.07) is 0. The van der Waals surface area contributed by atoms with E-state index in [9.17, 15) is 0 Å². The molecule has 3 nitrogen and oxygen atoms in total. The molecule has 0 aromatic carbocycles. The van der Waals surface area contributed by atoms with Gasteiger partial charge in [-0.15, -0.1) is 0 Å². The summed E-state index contributed by atoms with van der Waals surface area (Å²) in [5, 5.41) is 1.76. The van der Waals surface area contributed by atoms with Crippen LogP contribution in [0.4, 0.5) is 0 Å². The van der Waals surface area contributed by atoms with E-state index in [1.165, 1.54) is 27.6 Å². The highest BCUT2D eigenvalue weighted by Crippen LogP contribution is 2.28. The third kappa shape index (κ3) is 14.7. The van der Waals surface area contributed by atoms with Gasteiger partial charge in [-0.1, -0.05) is 30.9 Å². The summed E-state index contributed by atoms with van der Waals surface area (Å²) in [4.78, 5) is 0. The summed E-state index contributed by atoms with van der Waals surface area (Å²) in [5.41, 5.74) is 13.5. The van der Waals surface area contributed by atoms with E-state index in [2.05, 4.69) is 42.9 Å². The standard InChI is InChI=1S/C6H12Si.3CH5N/c1-7(2,3)6-4-5-6;3*1-2/h4H,5H2,1-3H3;3*2H2,1H3. The molecule has 0 saturated carbocycles. The van der Waals surface area contributed by atoms with Gasteiger partial charge in [0.25, 0.3) is 0 Å². The molecule has 0 atom stereocenters. The molecule has 0 saturated heterocycles. The molecule has 6 N–H and O–H groups in total. The van der Waals surface area contributed by atoms with Crippen molar-refractivity contribution in [2.45, 2.75) is 26.1 Å². The second-order valence-corrected chi connectivity index (χ2v) is 8.33. The first kappa shape index (κ1) is 18.6. The van der Waals surface area contributed by atoms with Gasteiger partial charge in [0.2, 0.25) is 0 Å². The van der Waals surface area contributed by atoms with Gasteiger partial charge in [0.15, 0.2) is 0 Å². The predicted molar refractivity (Wildman–Crippen MR) is 66.4 cm³/mol. The Morgan fingerprint density at radius 2 is 1.15 bits per heavy atom. The van der Waals surface area contributed by atoms with E-state index < -0.39 is 8.07 Å². The molecule has 1 aliphatic carbocycles. The van der Waals surface area contributed by atoms with Crippen LogP contribution in [-0.2, 0) is 0 Å².